The third-order valence-electron chi connectivity index (χ3n) is 5.77. The van der Waals surface area contributed by atoms with Crippen molar-refractivity contribution < 1.29 is 12.8 Å². The minimum absolute atomic E-state index is 0.171. The van der Waals surface area contributed by atoms with Gasteiger partial charge in [0.1, 0.15) is 12.4 Å². The molecule has 33 heavy (non-hydrogen) atoms. The number of nitrogens with zero attached hydrogens (tertiary/aromatic N) is 4. The van der Waals surface area contributed by atoms with Gasteiger partial charge in [-0.1, -0.05) is 36.4 Å². The topological polar surface area (TPSA) is 91.0 Å². The zero-order valence-corrected chi connectivity index (χ0v) is 18.3. The Morgan fingerprint density at radius 2 is 1.97 bits per heavy atom. The second kappa shape index (κ2) is 8.08. The first kappa shape index (κ1) is 21.3. The fourth-order valence-electron chi connectivity index (χ4n) is 4.22. The van der Waals surface area contributed by atoms with E-state index in [0.29, 0.717) is 6.42 Å². The number of hydrogen-bond donors (Lipinski definition) is 1. The zero-order chi connectivity index (χ0) is 23.1. The van der Waals surface area contributed by atoms with Gasteiger partial charge in [-0.2, -0.15) is 22.7 Å². The van der Waals surface area contributed by atoms with Crippen LogP contribution in [0.25, 0.3) is 22.5 Å². The Morgan fingerprint density at radius 3 is 2.76 bits per heavy atom. The van der Waals surface area contributed by atoms with Crippen molar-refractivity contribution in [3.05, 3.63) is 90.7 Å². The number of imidazole rings is 1. The molecule has 7 nitrogen and oxygen atoms in total. The van der Waals surface area contributed by atoms with Gasteiger partial charge >= 0.3 is 0 Å². The number of benzene rings is 2. The van der Waals surface area contributed by atoms with Gasteiger partial charge in [-0.3, -0.25) is 0 Å². The molecule has 0 unspecified atom stereocenters. The van der Waals surface area contributed by atoms with Crippen molar-refractivity contribution in [2.24, 2.45) is 0 Å². The summed E-state index contributed by atoms with van der Waals surface area (Å²) in [7, 11) is -3.71. The first-order chi connectivity index (χ1) is 15.9. The van der Waals surface area contributed by atoms with Crippen LogP contribution in [0.2, 0.25) is 0 Å². The first-order valence-electron chi connectivity index (χ1n) is 10.3. The van der Waals surface area contributed by atoms with Gasteiger partial charge in [0, 0.05) is 24.0 Å². The molecule has 1 aliphatic heterocycles. The monoisotopic (exact) mass is 461 g/mol. The SMILES string of the molecule is N#CCN1C[C@]2(C=CCC(c3cccc(-c4cn(-c5ccc(F)cc5)cn4)c3)=C2)NS1(=O)=O. The maximum atomic E-state index is 13.2. The summed E-state index contributed by atoms with van der Waals surface area (Å²) in [5.41, 5.74) is 3.57. The number of nitriles is 1. The van der Waals surface area contributed by atoms with Crippen LogP contribution < -0.4 is 4.72 Å². The quantitative estimate of drug-likeness (QED) is 0.476. The van der Waals surface area contributed by atoms with E-state index in [1.165, 1.54) is 12.1 Å². The molecular weight excluding hydrogens is 441 g/mol. The van der Waals surface area contributed by atoms with E-state index in [4.69, 9.17) is 5.26 Å². The van der Waals surface area contributed by atoms with Gasteiger partial charge in [0.25, 0.3) is 10.2 Å². The highest BCUT2D eigenvalue weighted by Crippen LogP contribution is 2.34. The summed E-state index contributed by atoms with van der Waals surface area (Å²) in [6, 6.07) is 16.0. The minimum Gasteiger partial charge on any atom is -0.306 e. The van der Waals surface area contributed by atoms with Crippen molar-refractivity contribution in [2.75, 3.05) is 13.1 Å². The summed E-state index contributed by atoms with van der Waals surface area (Å²) in [6.45, 7) is -0.0229. The molecule has 1 aromatic heterocycles. The van der Waals surface area contributed by atoms with Crippen LogP contribution >= 0.6 is 0 Å². The molecule has 1 N–H and O–H groups in total. The third-order valence-corrected chi connectivity index (χ3v) is 7.34. The summed E-state index contributed by atoms with van der Waals surface area (Å²) >= 11 is 0. The molecule has 1 atom stereocenters. The molecule has 2 heterocycles. The van der Waals surface area contributed by atoms with Crippen molar-refractivity contribution >= 4 is 15.8 Å². The molecular formula is C24H20FN5O2S. The number of halogens is 1. The van der Waals surface area contributed by atoms with Gasteiger partial charge in [0.05, 0.1) is 23.6 Å². The highest BCUT2D eigenvalue weighted by atomic mass is 32.2. The maximum absolute atomic E-state index is 13.2. The van der Waals surface area contributed by atoms with E-state index in [0.717, 1.165) is 32.4 Å². The lowest BCUT2D eigenvalue weighted by Crippen LogP contribution is -2.40. The molecule has 0 bridgehead atoms. The van der Waals surface area contributed by atoms with E-state index >= 15 is 0 Å². The van der Waals surface area contributed by atoms with Crippen LogP contribution in [0.5, 0.6) is 0 Å². The lowest BCUT2D eigenvalue weighted by atomic mass is 9.87. The van der Waals surface area contributed by atoms with Crippen molar-refractivity contribution in [1.82, 2.24) is 18.6 Å². The van der Waals surface area contributed by atoms with E-state index in [1.807, 2.05) is 59.3 Å². The third kappa shape index (κ3) is 4.12. The van der Waals surface area contributed by atoms with E-state index < -0.39 is 15.7 Å². The van der Waals surface area contributed by atoms with Gasteiger partial charge < -0.3 is 4.57 Å². The lowest BCUT2D eigenvalue weighted by molar-refractivity contribution is 0.452. The normalized spacial score (nSPS) is 21.8. The molecule has 3 aromatic rings. The molecule has 0 saturated carbocycles. The van der Waals surface area contributed by atoms with Crippen molar-refractivity contribution in [1.29, 1.82) is 5.26 Å². The molecule has 2 aromatic carbocycles. The average molecular weight is 462 g/mol. The van der Waals surface area contributed by atoms with Crippen LogP contribution in [0.1, 0.15) is 12.0 Å². The van der Waals surface area contributed by atoms with Crippen LogP contribution in [-0.2, 0) is 10.2 Å². The second-order valence-corrected chi connectivity index (χ2v) is 9.74. The minimum atomic E-state index is -3.71. The number of aromatic nitrogens is 2. The van der Waals surface area contributed by atoms with Crippen LogP contribution in [0, 0.1) is 17.1 Å². The molecule has 1 aliphatic carbocycles. The Bertz CT molecular complexity index is 1420. The van der Waals surface area contributed by atoms with Gasteiger partial charge in [-0.25, -0.2) is 9.37 Å². The predicted molar refractivity (Wildman–Crippen MR) is 123 cm³/mol. The largest absolute Gasteiger partial charge is 0.306 e. The number of allylic oxidation sites excluding steroid dienone is 2. The maximum Gasteiger partial charge on any atom is 0.281 e. The standard InChI is InChI=1S/C24H20FN5O2S/c25-21-6-8-22(9-7-21)29-15-23(27-17-29)19-4-1-3-18(13-19)20-5-2-10-24(14-20)16-30(12-11-26)33(31,32)28-24/h1-4,6-10,13-15,17,28H,5,12,16H2/t24-/m1/s1. The molecule has 2 aliphatic rings. The Labute approximate surface area is 191 Å². The summed E-state index contributed by atoms with van der Waals surface area (Å²) < 4.78 is 43.7. The zero-order valence-electron chi connectivity index (χ0n) is 17.5. The summed E-state index contributed by atoms with van der Waals surface area (Å²) in [4.78, 5) is 4.50. The lowest BCUT2D eigenvalue weighted by Gasteiger charge is -2.25. The molecule has 9 heteroatoms. The Hall–Kier alpha value is -3.58. The van der Waals surface area contributed by atoms with E-state index in [9.17, 15) is 12.8 Å². The van der Waals surface area contributed by atoms with Gasteiger partial charge in [0.15, 0.2) is 0 Å². The van der Waals surface area contributed by atoms with Gasteiger partial charge in [-0.15, -0.1) is 0 Å². The van der Waals surface area contributed by atoms with Crippen LogP contribution in [0.3, 0.4) is 0 Å². The fraction of sp³-hybridized carbons (Fsp3) is 0.167. The van der Waals surface area contributed by atoms with Crippen molar-refractivity contribution in [3.8, 4) is 23.0 Å². The summed E-state index contributed by atoms with van der Waals surface area (Å²) in [5.74, 6) is -0.292. The predicted octanol–water partition coefficient (Wildman–Crippen LogP) is 3.43. The number of hydrogen-bond acceptors (Lipinski definition) is 4. The number of nitrogens with one attached hydrogen (secondary N) is 1. The van der Waals surface area contributed by atoms with Gasteiger partial charge in [-0.05, 0) is 47.9 Å². The Balaban J connectivity index is 1.44. The second-order valence-electron chi connectivity index (χ2n) is 8.07. The van der Waals surface area contributed by atoms with Crippen LogP contribution in [-0.4, -0.2) is 40.9 Å². The van der Waals surface area contributed by atoms with Crippen LogP contribution in [0.15, 0.2) is 79.3 Å². The molecule has 5 rings (SSSR count). The number of rotatable bonds is 4. The van der Waals surface area contributed by atoms with Crippen LogP contribution in [0.4, 0.5) is 4.39 Å². The Kier molecular flexibility index (Phi) is 5.21. The van der Waals surface area contributed by atoms with E-state index in [2.05, 4.69) is 9.71 Å². The molecule has 0 radical (unpaired) electrons. The van der Waals surface area contributed by atoms with Crippen molar-refractivity contribution in [2.45, 2.75) is 12.0 Å². The first-order valence-corrected chi connectivity index (χ1v) is 11.8. The fourth-order valence-corrected chi connectivity index (χ4v) is 5.63. The molecule has 0 amide bonds. The summed E-state index contributed by atoms with van der Waals surface area (Å²) in [6.07, 6.45) is 9.95. The molecule has 166 valence electrons. The molecule has 1 fully saturated rings. The van der Waals surface area contributed by atoms with Gasteiger partial charge in [0.2, 0.25) is 0 Å². The molecule has 1 spiro atoms. The Morgan fingerprint density at radius 1 is 1.18 bits per heavy atom. The smallest absolute Gasteiger partial charge is 0.281 e. The van der Waals surface area contributed by atoms with Crippen molar-refractivity contribution in [3.63, 3.8) is 0 Å². The van der Waals surface area contributed by atoms with E-state index in [-0.39, 0.29) is 18.9 Å². The summed E-state index contributed by atoms with van der Waals surface area (Å²) in [5, 5.41) is 8.96. The highest BCUT2D eigenvalue weighted by molar-refractivity contribution is 7.87. The molecule has 1 saturated heterocycles. The highest BCUT2D eigenvalue weighted by Gasteiger charge is 2.45. The average Bonchev–Trinajstić information content (AvgIpc) is 3.38. The van der Waals surface area contributed by atoms with E-state index in [1.54, 1.807) is 18.5 Å².